The Morgan fingerprint density at radius 1 is 1.43 bits per heavy atom. The maximum atomic E-state index is 12.9. The quantitative estimate of drug-likeness (QED) is 0.917. The number of carbonyl (C=O) groups is 1. The summed E-state index contributed by atoms with van der Waals surface area (Å²) in [4.78, 5) is 14.7. The van der Waals surface area contributed by atoms with Crippen LogP contribution in [0, 0.1) is 12.8 Å². The molecule has 122 valence electrons. The molecule has 1 saturated heterocycles. The average molecular weight is 354 g/mol. The number of nitrogens with zero attached hydrogens (tertiary/aromatic N) is 2. The summed E-state index contributed by atoms with van der Waals surface area (Å²) in [6, 6.07) is 5.16. The van der Waals surface area contributed by atoms with E-state index in [9.17, 15) is 4.79 Å². The molecule has 1 aromatic carbocycles. The van der Waals surface area contributed by atoms with E-state index in [0.717, 1.165) is 6.42 Å². The van der Waals surface area contributed by atoms with Crippen molar-refractivity contribution in [2.24, 2.45) is 11.7 Å². The number of aromatic nitrogens is 1. The van der Waals surface area contributed by atoms with Crippen LogP contribution in [0.2, 0.25) is 10.0 Å². The second-order valence-electron chi connectivity index (χ2n) is 5.70. The summed E-state index contributed by atoms with van der Waals surface area (Å²) in [6.45, 7) is 3.62. The van der Waals surface area contributed by atoms with Crippen molar-refractivity contribution in [2.75, 3.05) is 19.6 Å². The summed E-state index contributed by atoms with van der Waals surface area (Å²) < 4.78 is 5.25. The van der Waals surface area contributed by atoms with Crippen LogP contribution in [-0.4, -0.2) is 35.6 Å². The van der Waals surface area contributed by atoms with E-state index in [1.807, 2.05) is 0 Å². The van der Waals surface area contributed by atoms with Gasteiger partial charge in [-0.25, -0.2) is 0 Å². The van der Waals surface area contributed by atoms with Gasteiger partial charge in [0.2, 0.25) is 0 Å². The first-order chi connectivity index (χ1) is 11.0. The molecule has 1 fully saturated rings. The van der Waals surface area contributed by atoms with Gasteiger partial charge in [-0.05, 0) is 37.9 Å². The number of benzene rings is 1. The molecule has 0 aliphatic carbocycles. The van der Waals surface area contributed by atoms with Gasteiger partial charge in [-0.2, -0.15) is 0 Å². The van der Waals surface area contributed by atoms with E-state index >= 15 is 0 Å². The van der Waals surface area contributed by atoms with Crippen molar-refractivity contribution < 1.29 is 9.32 Å². The minimum Gasteiger partial charge on any atom is -0.360 e. The number of halogens is 2. The summed E-state index contributed by atoms with van der Waals surface area (Å²) >= 11 is 12.5. The first kappa shape index (κ1) is 16.3. The maximum absolute atomic E-state index is 12.9. The Labute approximate surface area is 144 Å². The molecule has 23 heavy (non-hydrogen) atoms. The van der Waals surface area contributed by atoms with Gasteiger partial charge in [0.1, 0.15) is 17.0 Å². The van der Waals surface area contributed by atoms with Crippen LogP contribution >= 0.6 is 23.2 Å². The van der Waals surface area contributed by atoms with Crippen LogP contribution in [0.1, 0.15) is 22.5 Å². The SMILES string of the molecule is Cc1onc(-c2c(Cl)cccc2Cl)c1C(=O)N1CCC(CN)C1. The molecule has 3 rings (SSSR count). The van der Waals surface area contributed by atoms with E-state index in [0.29, 0.717) is 58.2 Å². The zero-order valence-corrected chi connectivity index (χ0v) is 14.2. The number of hydrogen-bond acceptors (Lipinski definition) is 4. The highest BCUT2D eigenvalue weighted by Crippen LogP contribution is 2.37. The molecular weight excluding hydrogens is 337 g/mol. The molecule has 1 aromatic heterocycles. The van der Waals surface area contributed by atoms with Gasteiger partial charge in [-0.15, -0.1) is 0 Å². The number of carbonyl (C=O) groups excluding carboxylic acids is 1. The highest BCUT2D eigenvalue weighted by Gasteiger charge is 2.32. The van der Waals surface area contributed by atoms with Crippen LogP contribution in [0.25, 0.3) is 11.3 Å². The molecule has 0 saturated carbocycles. The number of rotatable bonds is 3. The average Bonchev–Trinajstić information content (AvgIpc) is 3.14. The monoisotopic (exact) mass is 353 g/mol. The minimum absolute atomic E-state index is 0.120. The zero-order chi connectivity index (χ0) is 16.6. The van der Waals surface area contributed by atoms with Gasteiger partial charge in [0.25, 0.3) is 5.91 Å². The van der Waals surface area contributed by atoms with Crippen LogP contribution in [0.5, 0.6) is 0 Å². The molecule has 7 heteroatoms. The van der Waals surface area contributed by atoms with E-state index in [1.165, 1.54) is 0 Å². The van der Waals surface area contributed by atoms with Crippen LogP contribution in [-0.2, 0) is 0 Å². The molecule has 0 radical (unpaired) electrons. The fraction of sp³-hybridized carbons (Fsp3) is 0.375. The summed E-state index contributed by atoms with van der Waals surface area (Å²) in [5.41, 5.74) is 7.02. The molecule has 2 N–H and O–H groups in total. The number of likely N-dealkylation sites (tertiary alicyclic amines) is 1. The zero-order valence-electron chi connectivity index (χ0n) is 12.7. The van der Waals surface area contributed by atoms with Gasteiger partial charge in [0, 0.05) is 18.7 Å². The summed E-state index contributed by atoms with van der Waals surface area (Å²) in [5, 5.41) is 4.89. The Kier molecular flexibility index (Phi) is 4.62. The van der Waals surface area contributed by atoms with Gasteiger partial charge in [-0.1, -0.05) is 34.4 Å². The smallest absolute Gasteiger partial charge is 0.259 e. The normalized spacial score (nSPS) is 17.7. The first-order valence-corrected chi connectivity index (χ1v) is 8.18. The third kappa shape index (κ3) is 2.96. The van der Waals surface area contributed by atoms with Crippen LogP contribution in [0.3, 0.4) is 0 Å². The Balaban J connectivity index is 2.01. The van der Waals surface area contributed by atoms with E-state index < -0.39 is 0 Å². The predicted molar refractivity (Wildman–Crippen MR) is 89.8 cm³/mol. The Bertz CT molecular complexity index is 725. The third-order valence-corrected chi connectivity index (χ3v) is 4.81. The van der Waals surface area contributed by atoms with Crippen molar-refractivity contribution in [3.63, 3.8) is 0 Å². The van der Waals surface area contributed by atoms with Crippen molar-refractivity contribution in [3.05, 3.63) is 39.6 Å². The van der Waals surface area contributed by atoms with E-state index in [1.54, 1.807) is 30.0 Å². The molecule has 0 spiro atoms. The lowest BCUT2D eigenvalue weighted by Crippen LogP contribution is -2.30. The molecule has 1 aliphatic rings. The highest BCUT2D eigenvalue weighted by molar-refractivity contribution is 6.39. The fourth-order valence-electron chi connectivity index (χ4n) is 2.89. The molecule has 2 heterocycles. The highest BCUT2D eigenvalue weighted by atomic mass is 35.5. The van der Waals surface area contributed by atoms with Crippen molar-refractivity contribution in [2.45, 2.75) is 13.3 Å². The largest absolute Gasteiger partial charge is 0.360 e. The van der Waals surface area contributed by atoms with E-state index in [2.05, 4.69) is 5.16 Å². The van der Waals surface area contributed by atoms with E-state index in [4.69, 9.17) is 33.5 Å². The Morgan fingerprint density at radius 2 is 2.13 bits per heavy atom. The number of hydrogen-bond donors (Lipinski definition) is 1. The second kappa shape index (κ2) is 6.51. The molecule has 1 unspecified atom stereocenters. The molecule has 2 aromatic rings. The van der Waals surface area contributed by atoms with Crippen LogP contribution in [0.4, 0.5) is 0 Å². The van der Waals surface area contributed by atoms with Crippen molar-refractivity contribution in [3.8, 4) is 11.3 Å². The number of aryl methyl sites for hydroxylation is 1. The minimum atomic E-state index is -0.120. The van der Waals surface area contributed by atoms with Crippen molar-refractivity contribution >= 4 is 29.1 Å². The molecule has 1 atom stereocenters. The topological polar surface area (TPSA) is 72.4 Å². The van der Waals surface area contributed by atoms with Gasteiger partial charge in [-0.3, -0.25) is 4.79 Å². The second-order valence-corrected chi connectivity index (χ2v) is 6.51. The first-order valence-electron chi connectivity index (χ1n) is 7.43. The molecular formula is C16H17Cl2N3O2. The summed E-state index contributed by atoms with van der Waals surface area (Å²) in [6.07, 6.45) is 0.911. The molecule has 1 amide bonds. The summed E-state index contributed by atoms with van der Waals surface area (Å²) in [5.74, 6) is 0.675. The number of nitrogens with two attached hydrogens (primary N) is 1. The standard InChI is InChI=1S/C16H17Cl2N3O2/c1-9-13(16(22)21-6-5-10(7-19)8-21)15(20-23-9)14-11(17)3-2-4-12(14)18/h2-4,10H,5-8,19H2,1H3. The number of amides is 1. The summed E-state index contributed by atoms with van der Waals surface area (Å²) in [7, 11) is 0. The molecule has 5 nitrogen and oxygen atoms in total. The lowest BCUT2D eigenvalue weighted by atomic mass is 10.0. The molecule has 1 aliphatic heterocycles. The lowest BCUT2D eigenvalue weighted by Gasteiger charge is -2.16. The lowest BCUT2D eigenvalue weighted by molar-refractivity contribution is 0.0786. The molecule has 0 bridgehead atoms. The van der Waals surface area contributed by atoms with Gasteiger partial charge in [0.15, 0.2) is 0 Å². The van der Waals surface area contributed by atoms with Gasteiger partial charge in [0.05, 0.1) is 10.0 Å². The van der Waals surface area contributed by atoms with Crippen LogP contribution in [0.15, 0.2) is 22.7 Å². The predicted octanol–water partition coefficient (Wildman–Crippen LogP) is 3.38. The van der Waals surface area contributed by atoms with Gasteiger partial charge >= 0.3 is 0 Å². The third-order valence-electron chi connectivity index (χ3n) is 4.18. The van der Waals surface area contributed by atoms with Crippen LogP contribution < -0.4 is 5.73 Å². The maximum Gasteiger partial charge on any atom is 0.259 e. The van der Waals surface area contributed by atoms with Crippen molar-refractivity contribution in [1.29, 1.82) is 0 Å². The van der Waals surface area contributed by atoms with Crippen molar-refractivity contribution in [1.82, 2.24) is 10.1 Å². The fourth-order valence-corrected chi connectivity index (χ4v) is 3.46. The van der Waals surface area contributed by atoms with Gasteiger partial charge < -0.3 is 15.2 Å². The Morgan fingerprint density at radius 3 is 2.74 bits per heavy atom. The van der Waals surface area contributed by atoms with E-state index in [-0.39, 0.29) is 5.91 Å². The Hall–Kier alpha value is -1.56.